The van der Waals surface area contributed by atoms with Gasteiger partial charge in [0.2, 0.25) is 0 Å². The molecule has 0 unspecified atom stereocenters. The van der Waals surface area contributed by atoms with Crippen LogP contribution in [0.15, 0.2) is 0 Å². The first-order valence-electron chi connectivity index (χ1n) is 4.46. The van der Waals surface area contributed by atoms with Crippen molar-refractivity contribution < 1.29 is 34.3 Å². The van der Waals surface area contributed by atoms with Crippen LogP contribution in [0.1, 0.15) is 0 Å². The molecule has 6 nitrogen and oxygen atoms in total. The highest BCUT2D eigenvalue weighted by atomic mass is 19.1. The van der Waals surface area contributed by atoms with Crippen molar-refractivity contribution in [2.75, 3.05) is 20.3 Å². The van der Waals surface area contributed by atoms with E-state index >= 15 is 0 Å². The summed E-state index contributed by atoms with van der Waals surface area (Å²) in [6.45, 7) is -1.80. The van der Waals surface area contributed by atoms with Crippen molar-refractivity contribution in [3.05, 3.63) is 0 Å². The second-order valence-electron chi connectivity index (χ2n) is 3.43. The smallest absolute Gasteiger partial charge is 0.190 e. The minimum Gasteiger partial charge on any atom is -0.394 e. The molecule has 7 heteroatoms. The standard InChI is InChI=1S/C8H15FO6/c1-14-7-5(12)6(13)8(9,3-11)4(2-10)15-7/h4-7,10-13H,2-3H2,1H3/t4-,5-,6-,7+,8-/m1/s1. The molecular weight excluding hydrogens is 211 g/mol. The molecule has 0 spiro atoms. The third kappa shape index (κ3) is 1.99. The van der Waals surface area contributed by atoms with Crippen LogP contribution in [-0.4, -0.2) is 71.0 Å². The average Bonchev–Trinajstić information content (AvgIpc) is 2.26. The fourth-order valence-corrected chi connectivity index (χ4v) is 1.56. The summed E-state index contributed by atoms with van der Waals surface area (Å²) in [5.41, 5.74) is -2.59. The van der Waals surface area contributed by atoms with Crippen molar-refractivity contribution in [1.82, 2.24) is 0 Å². The topological polar surface area (TPSA) is 99.4 Å². The van der Waals surface area contributed by atoms with Crippen molar-refractivity contribution in [2.45, 2.75) is 30.3 Å². The molecule has 0 aliphatic carbocycles. The number of halogens is 1. The Morgan fingerprint density at radius 3 is 2.40 bits per heavy atom. The fourth-order valence-electron chi connectivity index (χ4n) is 1.56. The molecule has 1 fully saturated rings. The first-order chi connectivity index (χ1) is 7.01. The number of rotatable bonds is 3. The molecule has 1 aliphatic rings. The summed E-state index contributed by atoms with van der Waals surface area (Å²) < 4.78 is 23.4. The summed E-state index contributed by atoms with van der Waals surface area (Å²) in [7, 11) is 1.21. The Kier molecular flexibility index (Phi) is 3.99. The molecule has 90 valence electrons. The highest BCUT2D eigenvalue weighted by molar-refractivity contribution is 5.01. The Balaban J connectivity index is 2.89. The molecule has 5 atom stereocenters. The van der Waals surface area contributed by atoms with Crippen molar-refractivity contribution in [3.8, 4) is 0 Å². The lowest BCUT2D eigenvalue weighted by molar-refractivity contribution is -0.315. The second-order valence-corrected chi connectivity index (χ2v) is 3.43. The summed E-state index contributed by atoms with van der Waals surface area (Å²) >= 11 is 0. The van der Waals surface area contributed by atoms with Gasteiger partial charge in [0.25, 0.3) is 0 Å². The van der Waals surface area contributed by atoms with E-state index in [2.05, 4.69) is 4.74 Å². The van der Waals surface area contributed by atoms with Gasteiger partial charge in [0.1, 0.15) is 18.3 Å². The minimum atomic E-state index is -2.59. The predicted molar refractivity (Wildman–Crippen MR) is 45.7 cm³/mol. The number of hydrogen-bond donors (Lipinski definition) is 4. The van der Waals surface area contributed by atoms with Gasteiger partial charge in [0.05, 0.1) is 13.2 Å². The summed E-state index contributed by atoms with van der Waals surface area (Å²) in [5.74, 6) is 0. The number of ether oxygens (including phenoxy) is 2. The van der Waals surface area contributed by atoms with E-state index in [1.807, 2.05) is 0 Å². The van der Waals surface area contributed by atoms with Gasteiger partial charge in [0.15, 0.2) is 12.0 Å². The van der Waals surface area contributed by atoms with Crippen molar-refractivity contribution >= 4 is 0 Å². The average molecular weight is 226 g/mol. The fraction of sp³-hybridized carbons (Fsp3) is 1.00. The Morgan fingerprint density at radius 1 is 1.40 bits per heavy atom. The molecule has 0 amide bonds. The lowest BCUT2D eigenvalue weighted by Crippen LogP contribution is -2.66. The van der Waals surface area contributed by atoms with E-state index in [1.54, 1.807) is 0 Å². The van der Waals surface area contributed by atoms with Gasteiger partial charge < -0.3 is 29.9 Å². The molecular formula is C8H15FO6. The number of methoxy groups -OCH3 is 1. The normalized spacial score (nSPS) is 46.8. The van der Waals surface area contributed by atoms with E-state index in [0.717, 1.165) is 0 Å². The number of aliphatic hydroxyl groups is 4. The maximum Gasteiger partial charge on any atom is 0.190 e. The molecule has 0 aromatic heterocycles. The van der Waals surface area contributed by atoms with Crippen LogP contribution in [0.25, 0.3) is 0 Å². The molecule has 15 heavy (non-hydrogen) atoms. The van der Waals surface area contributed by atoms with Gasteiger partial charge in [0, 0.05) is 7.11 Å². The summed E-state index contributed by atoms with van der Waals surface area (Å²) in [6, 6.07) is 0. The SMILES string of the molecule is CO[C@H]1O[C@H](CO)[C@](F)(CO)[C@H](O)[C@H]1O. The van der Waals surface area contributed by atoms with E-state index in [9.17, 15) is 14.6 Å². The molecule has 0 saturated carbocycles. The van der Waals surface area contributed by atoms with Crippen LogP contribution in [-0.2, 0) is 9.47 Å². The van der Waals surface area contributed by atoms with Gasteiger partial charge >= 0.3 is 0 Å². The highest BCUT2D eigenvalue weighted by Crippen LogP contribution is 2.33. The van der Waals surface area contributed by atoms with Gasteiger partial charge in [-0.1, -0.05) is 0 Å². The van der Waals surface area contributed by atoms with Crippen LogP contribution in [0.3, 0.4) is 0 Å². The molecule has 1 aliphatic heterocycles. The first kappa shape index (κ1) is 12.8. The zero-order valence-corrected chi connectivity index (χ0v) is 8.21. The monoisotopic (exact) mass is 226 g/mol. The Bertz CT molecular complexity index is 211. The minimum absolute atomic E-state index is 0.735. The van der Waals surface area contributed by atoms with Crippen LogP contribution >= 0.6 is 0 Å². The zero-order chi connectivity index (χ0) is 11.6. The largest absolute Gasteiger partial charge is 0.394 e. The number of alkyl halides is 1. The molecule has 1 rings (SSSR count). The lowest BCUT2D eigenvalue weighted by Gasteiger charge is -2.44. The van der Waals surface area contributed by atoms with Gasteiger partial charge in [-0.05, 0) is 0 Å². The molecule has 4 N–H and O–H groups in total. The van der Waals surface area contributed by atoms with E-state index in [4.69, 9.17) is 14.9 Å². The molecule has 0 aromatic rings. The maximum atomic E-state index is 13.9. The number of hydrogen-bond acceptors (Lipinski definition) is 6. The molecule has 0 aromatic carbocycles. The summed E-state index contributed by atoms with van der Waals surface area (Å²) in [5, 5.41) is 36.5. The van der Waals surface area contributed by atoms with Crippen molar-refractivity contribution in [1.29, 1.82) is 0 Å². The Labute approximate surface area is 85.9 Å². The predicted octanol–water partition coefficient (Wildman–Crippen LogP) is -2.23. The third-order valence-corrected chi connectivity index (χ3v) is 2.57. The molecule has 0 bridgehead atoms. The lowest BCUT2D eigenvalue weighted by atomic mass is 9.87. The first-order valence-corrected chi connectivity index (χ1v) is 4.46. The highest BCUT2D eigenvalue weighted by Gasteiger charge is 2.56. The van der Waals surface area contributed by atoms with Gasteiger partial charge in [-0.15, -0.1) is 0 Å². The molecule has 0 radical (unpaired) electrons. The van der Waals surface area contributed by atoms with Crippen LogP contribution in [0, 0.1) is 0 Å². The van der Waals surface area contributed by atoms with Crippen molar-refractivity contribution in [2.24, 2.45) is 0 Å². The Morgan fingerprint density at radius 2 is 2.00 bits per heavy atom. The van der Waals surface area contributed by atoms with Crippen LogP contribution < -0.4 is 0 Å². The van der Waals surface area contributed by atoms with Crippen molar-refractivity contribution in [3.63, 3.8) is 0 Å². The van der Waals surface area contributed by atoms with E-state index in [1.165, 1.54) is 7.11 Å². The second kappa shape index (κ2) is 4.69. The van der Waals surface area contributed by atoms with Gasteiger partial charge in [-0.25, -0.2) is 4.39 Å². The third-order valence-electron chi connectivity index (χ3n) is 2.57. The van der Waals surface area contributed by atoms with E-state index in [0.29, 0.717) is 0 Å². The zero-order valence-electron chi connectivity index (χ0n) is 8.21. The van der Waals surface area contributed by atoms with Crippen LogP contribution in [0.5, 0.6) is 0 Å². The quantitative estimate of drug-likeness (QED) is 0.435. The maximum absolute atomic E-state index is 13.9. The Hall–Kier alpha value is -0.310. The van der Waals surface area contributed by atoms with E-state index in [-0.39, 0.29) is 0 Å². The summed E-state index contributed by atoms with van der Waals surface area (Å²) in [6.07, 6.45) is -6.16. The summed E-state index contributed by atoms with van der Waals surface area (Å²) in [4.78, 5) is 0. The van der Waals surface area contributed by atoms with Gasteiger partial charge in [-0.2, -0.15) is 0 Å². The van der Waals surface area contributed by atoms with E-state index < -0.39 is 43.5 Å². The van der Waals surface area contributed by atoms with Crippen LogP contribution in [0.2, 0.25) is 0 Å². The molecule has 1 saturated heterocycles. The number of aliphatic hydroxyl groups excluding tert-OH is 4. The molecule has 1 heterocycles. The van der Waals surface area contributed by atoms with Crippen LogP contribution in [0.4, 0.5) is 4.39 Å². The van der Waals surface area contributed by atoms with Gasteiger partial charge in [-0.3, -0.25) is 0 Å².